The molecule has 0 aromatic carbocycles. The Labute approximate surface area is 113 Å². The Morgan fingerprint density at radius 1 is 1.47 bits per heavy atom. The molecule has 3 N–H and O–H groups in total. The molecule has 0 aliphatic carbocycles. The van der Waals surface area contributed by atoms with E-state index >= 15 is 0 Å². The van der Waals surface area contributed by atoms with Crippen LogP contribution in [0, 0.1) is 11.8 Å². The first kappa shape index (κ1) is 15.6. The molecule has 1 fully saturated rings. The molecule has 0 spiro atoms. The molecule has 0 aromatic rings. The molecule has 6 nitrogen and oxygen atoms in total. The quantitative estimate of drug-likeness (QED) is 0.680. The summed E-state index contributed by atoms with van der Waals surface area (Å²) < 4.78 is 0. The van der Waals surface area contributed by atoms with E-state index in [1.165, 1.54) is 7.05 Å². The first-order valence-corrected chi connectivity index (χ1v) is 6.67. The Kier molecular flexibility index (Phi) is 5.47. The summed E-state index contributed by atoms with van der Waals surface area (Å²) in [5.74, 6) is -0.656. The van der Waals surface area contributed by atoms with Crippen LogP contribution < -0.4 is 11.1 Å². The normalized spacial score (nSPS) is 21.7. The number of likely N-dealkylation sites (N-methyl/N-ethyl adjacent to an activating group) is 1. The van der Waals surface area contributed by atoms with E-state index in [0.29, 0.717) is 18.8 Å². The maximum absolute atomic E-state index is 12.1. The van der Waals surface area contributed by atoms with Crippen molar-refractivity contribution < 1.29 is 14.4 Å². The molecule has 1 saturated heterocycles. The zero-order valence-corrected chi connectivity index (χ0v) is 11.8. The van der Waals surface area contributed by atoms with Gasteiger partial charge in [-0.25, -0.2) is 0 Å². The molecular formula is C13H23N3O3. The highest BCUT2D eigenvalue weighted by Crippen LogP contribution is 2.14. The Morgan fingerprint density at radius 3 is 2.63 bits per heavy atom. The molecular weight excluding hydrogens is 246 g/mol. The standard InChI is InChI=1S/C13H23N3O3/c1-8(2)6-9(7-14)12(18)15-10-4-5-11(17)16(3)13(10)19/h8-10H,4-7,14H2,1-3H3,(H,15,18). The lowest BCUT2D eigenvalue weighted by atomic mass is 9.95. The highest BCUT2D eigenvalue weighted by molar-refractivity contribution is 6.01. The van der Waals surface area contributed by atoms with Crippen LogP contribution in [-0.4, -0.2) is 42.3 Å². The van der Waals surface area contributed by atoms with E-state index in [1.54, 1.807) is 0 Å². The molecule has 0 bridgehead atoms. The lowest BCUT2D eigenvalue weighted by Gasteiger charge is -2.29. The highest BCUT2D eigenvalue weighted by Gasteiger charge is 2.33. The van der Waals surface area contributed by atoms with Gasteiger partial charge in [0.15, 0.2) is 0 Å². The number of carbonyl (C=O) groups excluding carboxylic acids is 3. The summed E-state index contributed by atoms with van der Waals surface area (Å²) in [6.45, 7) is 4.31. The fraction of sp³-hybridized carbons (Fsp3) is 0.769. The van der Waals surface area contributed by atoms with E-state index < -0.39 is 6.04 Å². The van der Waals surface area contributed by atoms with Gasteiger partial charge in [-0.15, -0.1) is 0 Å². The zero-order chi connectivity index (χ0) is 14.6. The fourth-order valence-electron chi connectivity index (χ4n) is 2.22. The summed E-state index contributed by atoms with van der Waals surface area (Å²) in [6.07, 6.45) is 1.34. The minimum Gasteiger partial charge on any atom is -0.344 e. The van der Waals surface area contributed by atoms with Crippen molar-refractivity contribution in [2.75, 3.05) is 13.6 Å². The van der Waals surface area contributed by atoms with Crippen molar-refractivity contribution in [2.24, 2.45) is 17.6 Å². The number of piperidine rings is 1. The Morgan fingerprint density at radius 2 is 2.11 bits per heavy atom. The average Bonchev–Trinajstić information content (AvgIpc) is 2.36. The SMILES string of the molecule is CC(C)CC(CN)C(=O)NC1CCC(=O)N(C)C1=O. The fourth-order valence-corrected chi connectivity index (χ4v) is 2.22. The van der Waals surface area contributed by atoms with Crippen LogP contribution in [-0.2, 0) is 14.4 Å². The van der Waals surface area contributed by atoms with Gasteiger partial charge in [0.1, 0.15) is 6.04 Å². The number of rotatable bonds is 5. The number of nitrogens with zero attached hydrogens (tertiary/aromatic N) is 1. The van der Waals surface area contributed by atoms with Crippen molar-refractivity contribution in [2.45, 2.75) is 39.2 Å². The lowest BCUT2D eigenvalue weighted by Crippen LogP contribution is -2.54. The van der Waals surface area contributed by atoms with E-state index in [4.69, 9.17) is 5.73 Å². The maximum Gasteiger partial charge on any atom is 0.251 e. The van der Waals surface area contributed by atoms with Gasteiger partial charge in [-0.1, -0.05) is 13.8 Å². The second-order valence-corrected chi connectivity index (χ2v) is 5.45. The number of hydrogen-bond acceptors (Lipinski definition) is 4. The maximum atomic E-state index is 12.1. The van der Waals surface area contributed by atoms with Crippen molar-refractivity contribution in [3.8, 4) is 0 Å². The number of imide groups is 1. The number of nitrogens with one attached hydrogen (secondary N) is 1. The summed E-state index contributed by atoms with van der Waals surface area (Å²) >= 11 is 0. The van der Waals surface area contributed by atoms with E-state index in [9.17, 15) is 14.4 Å². The second kappa shape index (κ2) is 6.65. The van der Waals surface area contributed by atoms with Gasteiger partial charge in [0.2, 0.25) is 11.8 Å². The smallest absolute Gasteiger partial charge is 0.251 e. The van der Waals surface area contributed by atoms with Crippen LogP contribution in [0.25, 0.3) is 0 Å². The molecule has 108 valence electrons. The summed E-state index contributed by atoms with van der Waals surface area (Å²) in [7, 11) is 1.44. The summed E-state index contributed by atoms with van der Waals surface area (Å²) in [5.41, 5.74) is 5.60. The minimum atomic E-state index is -0.601. The van der Waals surface area contributed by atoms with E-state index in [2.05, 4.69) is 5.32 Å². The van der Waals surface area contributed by atoms with E-state index in [1.807, 2.05) is 13.8 Å². The van der Waals surface area contributed by atoms with Crippen LogP contribution in [0.2, 0.25) is 0 Å². The summed E-state index contributed by atoms with van der Waals surface area (Å²) in [4.78, 5) is 36.3. The third-order valence-electron chi connectivity index (χ3n) is 3.38. The van der Waals surface area contributed by atoms with Gasteiger partial charge in [-0.05, 0) is 18.8 Å². The lowest BCUT2D eigenvalue weighted by molar-refractivity contribution is -0.149. The van der Waals surface area contributed by atoms with Crippen LogP contribution in [0.4, 0.5) is 0 Å². The molecule has 0 aromatic heterocycles. The zero-order valence-electron chi connectivity index (χ0n) is 11.8. The minimum absolute atomic E-state index is 0.197. The molecule has 3 amide bonds. The van der Waals surface area contributed by atoms with Gasteiger partial charge in [-0.3, -0.25) is 19.3 Å². The highest BCUT2D eigenvalue weighted by atomic mass is 16.2. The van der Waals surface area contributed by atoms with Crippen LogP contribution >= 0.6 is 0 Å². The molecule has 1 heterocycles. The molecule has 1 aliphatic heterocycles. The predicted octanol–water partition coefficient (Wildman–Crippen LogP) is -0.129. The number of nitrogens with two attached hydrogens (primary N) is 1. The Hall–Kier alpha value is -1.43. The third-order valence-corrected chi connectivity index (χ3v) is 3.38. The van der Waals surface area contributed by atoms with Gasteiger partial charge >= 0.3 is 0 Å². The summed E-state index contributed by atoms with van der Waals surface area (Å²) in [5, 5.41) is 2.71. The molecule has 2 unspecified atom stereocenters. The van der Waals surface area contributed by atoms with Gasteiger partial charge in [0, 0.05) is 20.0 Å². The van der Waals surface area contributed by atoms with Gasteiger partial charge < -0.3 is 11.1 Å². The Balaban J connectivity index is 2.60. The molecule has 0 radical (unpaired) electrons. The molecule has 6 heteroatoms. The van der Waals surface area contributed by atoms with Crippen molar-refractivity contribution in [3.63, 3.8) is 0 Å². The largest absolute Gasteiger partial charge is 0.344 e. The van der Waals surface area contributed by atoms with Crippen LogP contribution in [0.5, 0.6) is 0 Å². The topological polar surface area (TPSA) is 92.5 Å². The predicted molar refractivity (Wildman–Crippen MR) is 70.9 cm³/mol. The van der Waals surface area contributed by atoms with Crippen LogP contribution in [0.15, 0.2) is 0 Å². The molecule has 1 aliphatic rings. The van der Waals surface area contributed by atoms with Crippen LogP contribution in [0.3, 0.4) is 0 Å². The number of carbonyl (C=O) groups is 3. The molecule has 2 atom stereocenters. The molecule has 0 saturated carbocycles. The van der Waals surface area contributed by atoms with Crippen molar-refractivity contribution in [1.29, 1.82) is 0 Å². The third kappa shape index (κ3) is 4.02. The van der Waals surface area contributed by atoms with Crippen molar-refractivity contribution in [3.05, 3.63) is 0 Å². The summed E-state index contributed by atoms with van der Waals surface area (Å²) in [6, 6.07) is -0.601. The number of amides is 3. The van der Waals surface area contributed by atoms with E-state index in [0.717, 1.165) is 4.90 Å². The number of hydrogen-bond donors (Lipinski definition) is 2. The number of likely N-dealkylation sites (tertiary alicyclic amines) is 1. The average molecular weight is 269 g/mol. The monoisotopic (exact) mass is 269 g/mol. The first-order chi connectivity index (χ1) is 8.86. The molecule has 1 rings (SSSR count). The Bertz CT molecular complexity index is 368. The van der Waals surface area contributed by atoms with E-state index in [-0.39, 0.29) is 36.6 Å². The van der Waals surface area contributed by atoms with Crippen molar-refractivity contribution >= 4 is 17.7 Å². The second-order valence-electron chi connectivity index (χ2n) is 5.45. The molecule has 19 heavy (non-hydrogen) atoms. The first-order valence-electron chi connectivity index (χ1n) is 6.67. The van der Waals surface area contributed by atoms with Crippen molar-refractivity contribution in [1.82, 2.24) is 10.2 Å². The van der Waals surface area contributed by atoms with Gasteiger partial charge in [-0.2, -0.15) is 0 Å². The van der Waals surface area contributed by atoms with Crippen LogP contribution in [0.1, 0.15) is 33.1 Å². The van der Waals surface area contributed by atoms with Gasteiger partial charge in [0.25, 0.3) is 5.91 Å². The van der Waals surface area contributed by atoms with Gasteiger partial charge in [0.05, 0.1) is 5.92 Å².